The van der Waals surface area contributed by atoms with Gasteiger partial charge in [0.15, 0.2) is 0 Å². The fraction of sp³-hybridized carbons (Fsp3) is 1.00. The van der Waals surface area contributed by atoms with Gasteiger partial charge in [-0.15, -0.1) is 0 Å². The van der Waals surface area contributed by atoms with Crippen molar-refractivity contribution >= 4 is 15.9 Å². The largest absolute Gasteiger partial charge is 0.401 e. The fourth-order valence-electron chi connectivity index (χ4n) is 0.277. The van der Waals surface area contributed by atoms with Crippen LogP contribution in [-0.4, -0.2) is 22.7 Å². The highest BCUT2D eigenvalue weighted by molar-refractivity contribution is 9.09. The minimum atomic E-state index is -4.23. The zero-order chi connectivity index (χ0) is 7.49. The van der Waals surface area contributed by atoms with Gasteiger partial charge in [-0.2, -0.15) is 13.2 Å². The lowest BCUT2D eigenvalue weighted by atomic mass is 10.3. The van der Waals surface area contributed by atoms with Crippen molar-refractivity contribution in [2.75, 3.05) is 6.61 Å². The molecule has 0 spiro atoms. The number of hydrogen-bond donors (Lipinski definition) is 1. The van der Waals surface area contributed by atoms with Crippen LogP contribution in [0.2, 0.25) is 0 Å². The molecule has 1 N–H and O–H groups in total. The second-order valence-corrected chi connectivity index (χ2v) is 2.63. The smallest absolute Gasteiger partial charge is 0.396 e. The summed E-state index contributed by atoms with van der Waals surface area (Å²) < 4.78 is 34.4. The predicted octanol–water partition coefficient (Wildman–Crippen LogP) is 1.69. The average molecular weight is 207 g/mol. The molecule has 0 saturated carbocycles. The van der Waals surface area contributed by atoms with Crippen LogP contribution < -0.4 is 0 Å². The van der Waals surface area contributed by atoms with E-state index in [1.165, 1.54) is 0 Å². The van der Waals surface area contributed by atoms with E-state index in [-0.39, 0.29) is 6.42 Å². The second-order valence-electron chi connectivity index (χ2n) is 1.52. The van der Waals surface area contributed by atoms with Gasteiger partial charge >= 0.3 is 6.18 Å². The van der Waals surface area contributed by atoms with Gasteiger partial charge in [-0.25, -0.2) is 0 Å². The molecule has 1 nitrogen and oxygen atoms in total. The molecule has 0 rings (SSSR count). The molecule has 0 aromatic heterocycles. The van der Waals surface area contributed by atoms with Gasteiger partial charge in [-0.3, -0.25) is 0 Å². The highest BCUT2D eigenvalue weighted by Gasteiger charge is 2.36. The average Bonchev–Trinajstić information content (AvgIpc) is 1.64. The third-order valence-corrected chi connectivity index (χ3v) is 1.71. The van der Waals surface area contributed by atoms with Gasteiger partial charge in [0.2, 0.25) is 0 Å². The Morgan fingerprint density at radius 3 is 2.00 bits per heavy atom. The molecule has 0 aliphatic heterocycles. The van der Waals surface area contributed by atoms with Crippen molar-refractivity contribution in [3.8, 4) is 0 Å². The molecule has 0 aromatic rings. The van der Waals surface area contributed by atoms with E-state index in [2.05, 4.69) is 15.9 Å². The van der Waals surface area contributed by atoms with Crippen molar-refractivity contribution in [1.82, 2.24) is 0 Å². The predicted molar refractivity (Wildman–Crippen MR) is 30.5 cm³/mol. The molecule has 1 unspecified atom stereocenters. The second kappa shape index (κ2) is 3.41. The van der Waals surface area contributed by atoms with Gasteiger partial charge in [-0.05, 0) is 6.42 Å². The summed E-state index contributed by atoms with van der Waals surface area (Å²) in [7, 11) is 0. The van der Waals surface area contributed by atoms with Crippen LogP contribution in [-0.2, 0) is 0 Å². The molecule has 0 saturated heterocycles. The molecule has 0 radical (unpaired) electrons. The Morgan fingerprint density at radius 2 is 1.89 bits per heavy atom. The maximum Gasteiger partial charge on any atom is 0.401 e. The maximum atomic E-state index is 11.5. The third-order valence-electron chi connectivity index (χ3n) is 0.738. The number of hydrogen-bond acceptors (Lipinski definition) is 1. The number of alkyl halides is 4. The highest BCUT2D eigenvalue weighted by atomic mass is 79.9. The minimum absolute atomic E-state index is 0.288. The number of rotatable bonds is 2. The van der Waals surface area contributed by atoms with Crippen LogP contribution in [0, 0.1) is 0 Å². The number of aliphatic hydroxyl groups excluding tert-OH is 1. The molecule has 9 heavy (non-hydrogen) atoms. The molecule has 0 bridgehead atoms. The molecule has 0 heterocycles. The van der Waals surface area contributed by atoms with Gasteiger partial charge in [0.25, 0.3) is 0 Å². The SMILES string of the molecule is OCCC(Br)C(F)(F)F. The van der Waals surface area contributed by atoms with Gasteiger partial charge in [0.05, 0.1) is 0 Å². The van der Waals surface area contributed by atoms with Gasteiger partial charge < -0.3 is 5.11 Å². The Balaban J connectivity index is 3.59. The number of halogens is 4. The Morgan fingerprint density at radius 1 is 1.44 bits per heavy atom. The highest BCUT2D eigenvalue weighted by Crippen LogP contribution is 2.28. The van der Waals surface area contributed by atoms with Crippen LogP contribution in [0.1, 0.15) is 6.42 Å². The van der Waals surface area contributed by atoms with E-state index in [1.807, 2.05) is 0 Å². The minimum Gasteiger partial charge on any atom is -0.396 e. The van der Waals surface area contributed by atoms with Gasteiger partial charge in [0.1, 0.15) is 4.83 Å². The summed E-state index contributed by atoms with van der Waals surface area (Å²) in [5, 5.41) is 8.07. The summed E-state index contributed by atoms with van der Waals surface area (Å²) >= 11 is 2.37. The van der Waals surface area contributed by atoms with E-state index in [0.717, 1.165) is 0 Å². The van der Waals surface area contributed by atoms with Crippen LogP contribution >= 0.6 is 15.9 Å². The van der Waals surface area contributed by atoms with Crippen LogP contribution in [0.15, 0.2) is 0 Å². The molecular weight excluding hydrogens is 201 g/mol. The van der Waals surface area contributed by atoms with E-state index in [4.69, 9.17) is 5.11 Å². The Labute approximate surface area is 59.0 Å². The molecule has 56 valence electrons. The van der Waals surface area contributed by atoms with Crippen LogP contribution in [0.5, 0.6) is 0 Å². The van der Waals surface area contributed by atoms with Crippen LogP contribution in [0.4, 0.5) is 13.2 Å². The van der Waals surface area contributed by atoms with E-state index in [1.54, 1.807) is 0 Å². The molecule has 0 amide bonds. The summed E-state index contributed by atoms with van der Waals surface area (Å²) in [4.78, 5) is -1.57. The lowest BCUT2D eigenvalue weighted by molar-refractivity contribution is -0.129. The zero-order valence-corrected chi connectivity index (χ0v) is 6.04. The topological polar surface area (TPSA) is 20.2 Å². The van der Waals surface area contributed by atoms with Crippen molar-refractivity contribution in [2.45, 2.75) is 17.4 Å². The van der Waals surface area contributed by atoms with Crippen LogP contribution in [0.3, 0.4) is 0 Å². The van der Waals surface area contributed by atoms with E-state index >= 15 is 0 Å². The van der Waals surface area contributed by atoms with E-state index in [0.29, 0.717) is 0 Å². The van der Waals surface area contributed by atoms with E-state index < -0.39 is 17.6 Å². The van der Waals surface area contributed by atoms with Crippen molar-refractivity contribution in [2.24, 2.45) is 0 Å². The molecule has 0 aliphatic rings. The molecule has 5 heteroatoms. The first-order valence-electron chi connectivity index (χ1n) is 2.30. The summed E-state index contributed by atoms with van der Waals surface area (Å²) in [5.41, 5.74) is 0. The number of aliphatic hydroxyl groups is 1. The first kappa shape index (κ1) is 9.23. The van der Waals surface area contributed by atoms with Crippen molar-refractivity contribution in [3.05, 3.63) is 0 Å². The first-order chi connectivity index (χ1) is 3.98. The zero-order valence-electron chi connectivity index (χ0n) is 4.45. The molecule has 1 atom stereocenters. The summed E-state index contributed by atoms with van der Waals surface area (Å²) in [5.74, 6) is 0. The standard InChI is InChI=1S/C4H6BrF3O/c5-3(1-2-9)4(6,7)8/h3,9H,1-2H2. The van der Waals surface area contributed by atoms with Crippen molar-refractivity contribution in [3.63, 3.8) is 0 Å². The lowest BCUT2D eigenvalue weighted by Crippen LogP contribution is -2.23. The Bertz CT molecular complexity index is 82.4. The lowest BCUT2D eigenvalue weighted by Gasteiger charge is -2.11. The Hall–Kier alpha value is 0.230. The molecule has 0 aromatic carbocycles. The summed E-state index contributed by atoms with van der Waals surface area (Å²) in [6.07, 6.45) is -4.52. The fourth-order valence-corrected chi connectivity index (χ4v) is 0.482. The maximum absolute atomic E-state index is 11.5. The summed E-state index contributed by atoms with van der Waals surface area (Å²) in [6, 6.07) is 0. The Kier molecular flexibility index (Phi) is 3.50. The van der Waals surface area contributed by atoms with Crippen molar-refractivity contribution < 1.29 is 18.3 Å². The van der Waals surface area contributed by atoms with E-state index in [9.17, 15) is 13.2 Å². The monoisotopic (exact) mass is 206 g/mol. The van der Waals surface area contributed by atoms with Gasteiger partial charge in [-0.1, -0.05) is 15.9 Å². The van der Waals surface area contributed by atoms with Crippen molar-refractivity contribution in [1.29, 1.82) is 0 Å². The molecule has 0 fully saturated rings. The normalized spacial score (nSPS) is 15.7. The molecule has 0 aliphatic carbocycles. The molecular formula is C4H6BrF3O. The summed E-state index contributed by atoms with van der Waals surface area (Å²) in [6.45, 7) is -0.449. The van der Waals surface area contributed by atoms with Crippen LogP contribution in [0.25, 0.3) is 0 Å². The third kappa shape index (κ3) is 3.75. The quantitative estimate of drug-likeness (QED) is 0.683. The van der Waals surface area contributed by atoms with Gasteiger partial charge in [0, 0.05) is 6.61 Å². The first-order valence-corrected chi connectivity index (χ1v) is 3.21.